The number of rotatable bonds is 3. The second-order valence-corrected chi connectivity index (χ2v) is 6.52. The highest BCUT2D eigenvalue weighted by atomic mass is 16.2. The monoisotopic (exact) mass is 335 g/mol. The standard InChI is InChI=1S/C19H21N5O/c1-14-6-2-3-8-16(14)17-12-18(22-21-17)19(25)23-10-4-7-15(13-23)24-11-5-9-20-24/h2-3,5-6,8-9,11-12,15H,4,7,10,13H2,1H3,(H,21,22)/t15-/m1/s1. The second kappa shape index (κ2) is 6.55. The second-order valence-electron chi connectivity index (χ2n) is 6.52. The van der Waals surface area contributed by atoms with E-state index in [0.717, 1.165) is 36.2 Å². The van der Waals surface area contributed by atoms with E-state index in [1.807, 2.05) is 59.1 Å². The van der Waals surface area contributed by atoms with Crippen molar-refractivity contribution in [1.82, 2.24) is 24.9 Å². The maximum atomic E-state index is 12.9. The van der Waals surface area contributed by atoms with Crippen LogP contribution in [0.15, 0.2) is 48.8 Å². The average Bonchev–Trinajstić information content (AvgIpc) is 3.34. The summed E-state index contributed by atoms with van der Waals surface area (Å²) in [7, 11) is 0. The van der Waals surface area contributed by atoms with Gasteiger partial charge in [-0.25, -0.2) is 0 Å². The summed E-state index contributed by atoms with van der Waals surface area (Å²) in [6.07, 6.45) is 5.77. The topological polar surface area (TPSA) is 66.8 Å². The summed E-state index contributed by atoms with van der Waals surface area (Å²) in [5.74, 6) is 0.00388. The first-order valence-corrected chi connectivity index (χ1v) is 8.62. The number of H-pyrrole nitrogens is 1. The van der Waals surface area contributed by atoms with Gasteiger partial charge in [-0.2, -0.15) is 10.2 Å². The van der Waals surface area contributed by atoms with Crippen LogP contribution in [-0.2, 0) is 0 Å². The van der Waals surface area contributed by atoms with Gasteiger partial charge in [0.2, 0.25) is 0 Å². The first-order chi connectivity index (χ1) is 12.2. The predicted molar refractivity (Wildman–Crippen MR) is 95.2 cm³/mol. The maximum absolute atomic E-state index is 12.9. The Hall–Kier alpha value is -2.89. The lowest BCUT2D eigenvalue weighted by Crippen LogP contribution is -2.41. The molecule has 0 bridgehead atoms. The molecule has 4 rings (SSSR count). The molecule has 3 heterocycles. The van der Waals surface area contributed by atoms with Crippen LogP contribution < -0.4 is 0 Å². The van der Waals surface area contributed by atoms with Crippen LogP contribution in [0.4, 0.5) is 0 Å². The third-order valence-corrected chi connectivity index (χ3v) is 4.81. The third kappa shape index (κ3) is 3.07. The molecule has 1 aromatic carbocycles. The SMILES string of the molecule is Cc1ccccc1-c1cc(C(=O)N2CCC[C@@H](n3cccn3)C2)[nH]n1. The van der Waals surface area contributed by atoms with Gasteiger partial charge >= 0.3 is 0 Å². The molecule has 0 radical (unpaired) electrons. The number of carbonyl (C=O) groups is 1. The molecule has 1 amide bonds. The van der Waals surface area contributed by atoms with Gasteiger partial charge in [-0.3, -0.25) is 14.6 Å². The van der Waals surface area contributed by atoms with Crippen molar-refractivity contribution in [3.8, 4) is 11.3 Å². The number of aromatic amines is 1. The molecule has 1 aliphatic rings. The molecule has 1 saturated heterocycles. The minimum atomic E-state index is 0.00388. The number of piperidine rings is 1. The van der Waals surface area contributed by atoms with Crippen LogP contribution in [0.5, 0.6) is 0 Å². The zero-order valence-electron chi connectivity index (χ0n) is 14.2. The van der Waals surface area contributed by atoms with E-state index in [4.69, 9.17) is 0 Å². The van der Waals surface area contributed by atoms with E-state index in [1.165, 1.54) is 0 Å². The Kier molecular flexibility index (Phi) is 4.09. The Labute approximate surface area is 146 Å². The summed E-state index contributed by atoms with van der Waals surface area (Å²) in [5.41, 5.74) is 3.54. The van der Waals surface area contributed by atoms with Crippen molar-refractivity contribution in [2.45, 2.75) is 25.8 Å². The summed E-state index contributed by atoms with van der Waals surface area (Å²) in [5, 5.41) is 11.6. The number of nitrogens with one attached hydrogen (secondary N) is 1. The molecule has 0 aliphatic carbocycles. The Bertz CT molecular complexity index is 868. The smallest absolute Gasteiger partial charge is 0.271 e. The van der Waals surface area contributed by atoms with Crippen molar-refractivity contribution in [2.24, 2.45) is 0 Å². The Morgan fingerprint density at radius 3 is 2.96 bits per heavy atom. The van der Waals surface area contributed by atoms with E-state index < -0.39 is 0 Å². The van der Waals surface area contributed by atoms with Gasteiger partial charge in [-0.1, -0.05) is 24.3 Å². The molecular weight excluding hydrogens is 314 g/mol. The molecule has 2 aromatic heterocycles. The minimum Gasteiger partial charge on any atom is -0.335 e. The molecule has 128 valence electrons. The molecule has 0 spiro atoms. The minimum absolute atomic E-state index is 0.00388. The quantitative estimate of drug-likeness (QED) is 0.800. The first kappa shape index (κ1) is 15.6. The van der Waals surface area contributed by atoms with E-state index in [9.17, 15) is 4.79 Å². The zero-order valence-corrected chi connectivity index (χ0v) is 14.2. The predicted octanol–water partition coefficient (Wildman–Crippen LogP) is 3.06. The lowest BCUT2D eigenvalue weighted by atomic mass is 10.0. The lowest BCUT2D eigenvalue weighted by Gasteiger charge is -2.32. The van der Waals surface area contributed by atoms with Crippen LogP contribution in [0, 0.1) is 6.92 Å². The summed E-state index contributed by atoms with van der Waals surface area (Å²) < 4.78 is 1.95. The zero-order chi connectivity index (χ0) is 17.2. The lowest BCUT2D eigenvalue weighted by molar-refractivity contribution is 0.0667. The Morgan fingerprint density at radius 2 is 2.16 bits per heavy atom. The van der Waals surface area contributed by atoms with Crippen LogP contribution in [0.25, 0.3) is 11.3 Å². The van der Waals surface area contributed by atoms with E-state index in [-0.39, 0.29) is 11.9 Å². The van der Waals surface area contributed by atoms with Gasteiger partial charge in [0.05, 0.1) is 11.7 Å². The van der Waals surface area contributed by atoms with Crippen molar-refractivity contribution < 1.29 is 4.79 Å². The molecule has 1 N–H and O–H groups in total. The number of hydrogen-bond donors (Lipinski definition) is 1. The van der Waals surface area contributed by atoms with Gasteiger partial charge in [0, 0.05) is 31.0 Å². The van der Waals surface area contributed by atoms with E-state index in [2.05, 4.69) is 15.3 Å². The number of nitrogens with zero attached hydrogens (tertiary/aromatic N) is 4. The largest absolute Gasteiger partial charge is 0.335 e. The van der Waals surface area contributed by atoms with Crippen molar-refractivity contribution in [1.29, 1.82) is 0 Å². The molecule has 6 heteroatoms. The molecule has 25 heavy (non-hydrogen) atoms. The number of aryl methyl sites for hydroxylation is 1. The number of carbonyl (C=O) groups excluding carboxylic acids is 1. The number of hydrogen-bond acceptors (Lipinski definition) is 3. The normalized spacial score (nSPS) is 17.6. The third-order valence-electron chi connectivity index (χ3n) is 4.81. The van der Waals surface area contributed by atoms with Crippen molar-refractivity contribution in [3.63, 3.8) is 0 Å². The molecule has 0 unspecified atom stereocenters. The summed E-state index contributed by atoms with van der Waals surface area (Å²) >= 11 is 0. The highest BCUT2D eigenvalue weighted by molar-refractivity contribution is 5.93. The summed E-state index contributed by atoms with van der Waals surface area (Å²) in [6, 6.07) is 12.1. The van der Waals surface area contributed by atoms with Gasteiger partial charge in [0.1, 0.15) is 5.69 Å². The van der Waals surface area contributed by atoms with Crippen LogP contribution in [0.1, 0.15) is 34.9 Å². The highest BCUT2D eigenvalue weighted by Crippen LogP contribution is 2.24. The van der Waals surface area contributed by atoms with Crippen LogP contribution in [-0.4, -0.2) is 43.9 Å². The molecule has 0 saturated carbocycles. The van der Waals surface area contributed by atoms with Gasteiger partial charge < -0.3 is 4.90 Å². The van der Waals surface area contributed by atoms with Crippen LogP contribution in [0.3, 0.4) is 0 Å². The fraction of sp³-hybridized carbons (Fsp3) is 0.316. The molecular formula is C19H21N5O. The van der Waals surface area contributed by atoms with Crippen molar-refractivity contribution in [2.75, 3.05) is 13.1 Å². The molecule has 6 nitrogen and oxygen atoms in total. The number of aromatic nitrogens is 4. The number of benzene rings is 1. The van der Waals surface area contributed by atoms with Crippen LogP contribution >= 0.6 is 0 Å². The average molecular weight is 335 g/mol. The van der Waals surface area contributed by atoms with Gasteiger partial charge in [-0.15, -0.1) is 0 Å². The van der Waals surface area contributed by atoms with E-state index in [1.54, 1.807) is 6.20 Å². The van der Waals surface area contributed by atoms with E-state index in [0.29, 0.717) is 12.2 Å². The van der Waals surface area contributed by atoms with Gasteiger partial charge in [-0.05, 0) is 37.5 Å². The Morgan fingerprint density at radius 1 is 1.28 bits per heavy atom. The molecule has 1 aliphatic heterocycles. The van der Waals surface area contributed by atoms with Crippen molar-refractivity contribution in [3.05, 3.63) is 60.0 Å². The van der Waals surface area contributed by atoms with Gasteiger partial charge in [0.25, 0.3) is 5.91 Å². The highest BCUT2D eigenvalue weighted by Gasteiger charge is 2.26. The molecule has 1 fully saturated rings. The van der Waals surface area contributed by atoms with Gasteiger partial charge in [0.15, 0.2) is 0 Å². The number of likely N-dealkylation sites (tertiary alicyclic amines) is 1. The molecule has 1 atom stereocenters. The summed E-state index contributed by atoms with van der Waals surface area (Å²) in [6.45, 7) is 3.50. The first-order valence-electron chi connectivity index (χ1n) is 8.62. The fourth-order valence-electron chi connectivity index (χ4n) is 3.45. The van der Waals surface area contributed by atoms with E-state index >= 15 is 0 Å². The fourth-order valence-corrected chi connectivity index (χ4v) is 3.45. The van der Waals surface area contributed by atoms with Crippen LogP contribution in [0.2, 0.25) is 0 Å². The number of amides is 1. The summed E-state index contributed by atoms with van der Waals surface area (Å²) in [4.78, 5) is 14.8. The molecule has 3 aromatic rings. The van der Waals surface area contributed by atoms with Crippen molar-refractivity contribution >= 4 is 5.91 Å². The Balaban J connectivity index is 1.52. The maximum Gasteiger partial charge on any atom is 0.271 e.